The zero-order valence-corrected chi connectivity index (χ0v) is 32.2. The van der Waals surface area contributed by atoms with Gasteiger partial charge in [-0.3, -0.25) is 4.90 Å². The van der Waals surface area contributed by atoms with E-state index in [9.17, 15) is 0 Å². The Labute approximate surface area is 299 Å². The lowest BCUT2D eigenvalue weighted by atomic mass is 9.98. The minimum Gasteiger partial charge on any atom is -0.344 e. The quantitative estimate of drug-likeness (QED) is 0.0563. The van der Waals surface area contributed by atoms with Gasteiger partial charge in [0.2, 0.25) is 0 Å². The average molecular weight is 666 g/mol. The summed E-state index contributed by atoms with van der Waals surface area (Å²) in [6.07, 6.45) is 56.7. The summed E-state index contributed by atoms with van der Waals surface area (Å²) in [5, 5.41) is 0. The van der Waals surface area contributed by atoms with Gasteiger partial charge in [0.1, 0.15) is 6.10 Å². The van der Waals surface area contributed by atoms with E-state index >= 15 is 0 Å². The third kappa shape index (κ3) is 16.7. The first-order valence-corrected chi connectivity index (χ1v) is 21.4. The second kappa shape index (κ2) is 26.6. The van der Waals surface area contributed by atoms with E-state index in [1.165, 1.54) is 161 Å². The van der Waals surface area contributed by atoms with Gasteiger partial charge in [0.25, 0.3) is 0 Å². The van der Waals surface area contributed by atoms with Crippen LogP contribution in [0.25, 0.3) is 0 Å². The smallest absolute Gasteiger partial charge is 0.169 e. The molecule has 0 spiro atoms. The summed E-state index contributed by atoms with van der Waals surface area (Å²) in [5.41, 5.74) is 0. The van der Waals surface area contributed by atoms with E-state index in [0.717, 1.165) is 25.7 Å². The highest BCUT2D eigenvalue weighted by molar-refractivity contribution is 5.04. The van der Waals surface area contributed by atoms with Gasteiger partial charge in [-0.15, -0.1) is 0 Å². The summed E-state index contributed by atoms with van der Waals surface area (Å²) >= 11 is 0. The van der Waals surface area contributed by atoms with Gasteiger partial charge in [0.15, 0.2) is 5.79 Å². The van der Waals surface area contributed by atoms with Gasteiger partial charge in [-0.2, -0.15) is 0 Å². The Kier molecular flexibility index (Phi) is 22.9. The first-order chi connectivity index (χ1) is 23.7. The number of rotatable bonds is 30. The minimum atomic E-state index is -0.314. The summed E-state index contributed by atoms with van der Waals surface area (Å²) < 4.78 is 14.0. The fraction of sp³-hybridized carbons (Fsp3) is 0.822. The molecule has 0 unspecified atom stereocenters. The van der Waals surface area contributed by atoms with Crippen molar-refractivity contribution in [1.29, 1.82) is 0 Å². The van der Waals surface area contributed by atoms with Gasteiger partial charge >= 0.3 is 0 Å². The van der Waals surface area contributed by atoms with Crippen LogP contribution in [-0.2, 0) is 9.47 Å². The molecule has 0 amide bonds. The molecular formula is C45H79NO2. The number of ether oxygens (including phenoxy) is 2. The van der Waals surface area contributed by atoms with Gasteiger partial charge < -0.3 is 9.47 Å². The number of fused-ring (bicyclic) bond motifs is 4. The average Bonchev–Trinajstić information content (AvgIpc) is 3.58. The lowest BCUT2D eigenvalue weighted by molar-refractivity contribution is -0.188. The Morgan fingerprint density at radius 1 is 0.521 bits per heavy atom. The lowest BCUT2D eigenvalue weighted by Gasteiger charge is -2.37. The Morgan fingerprint density at radius 2 is 0.958 bits per heavy atom. The van der Waals surface area contributed by atoms with Crippen LogP contribution in [0.1, 0.15) is 200 Å². The van der Waals surface area contributed by atoms with Crippen molar-refractivity contribution in [2.75, 3.05) is 7.05 Å². The highest BCUT2D eigenvalue weighted by Crippen LogP contribution is 2.47. The van der Waals surface area contributed by atoms with Gasteiger partial charge in [-0.05, 0) is 103 Å². The maximum absolute atomic E-state index is 7.01. The number of piperidine rings is 1. The van der Waals surface area contributed by atoms with Crippen LogP contribution in [0.3, 0.4) is 0 Å². The third-order valence-corrected chi connectivity index (χ3v) is 11.4. The van der Waals surface area contributed by atoms with Crippen molar-refractivity contribution >= 4 is 0 Å². The van der Waals surface area contributed by atoms with Crippen LogP contribution in [0.5, 0.6) is 0 Å². The molecule has 3 aliphatic rings. The van der Waals surface area contributed by atoms with Crippen molar-refractivity contribution in [2.24, 2.45) is 0 Å². The monoisotopic (exact) mass is 666 g/mol. The van der Waals surface area contributed by atoms with E-state index in [4.69, 9.17) is 9.47 Å². The van der Waals surface area contributed by atoms with Crippen LogP contribution in [0.4, 0.5) is 0 Å². The molecule has 0 aromatic carbocycles. The molecule has 3 rings (SSSR count). The Morgan fingerprint density at radius 3 is 1.44 bits per heavy atom. The molecule has 3 aliphatic heterocycles. The summed E-state index contributed by atoms with van der Waals surface area (Å²) in [7, 11) is 2.33. The van der Waals surface area contributed by atoms with E-state index < -0.39 is 0 Å². The lowest BCUT2D eigenvalue weighted by Crippen LogP contribution is -2.51. The third-order valence-electron chi connectivity index (χ3n) is 11.4. The van der Waals surface area contributed by atoms with E-state index in [2.05, 4.69) is 74.4 Å². The molecule has 3 saturated heterocycles. The van der Waals surface area contributed by atoms with Gasteiger partial charge in [-0.1, -0.05) is 140 Å². The van der Waals surface area contributed by atoms with Crippen molar-refractivity contribution in [3.05, 3.63) is 48.6 Å². The van der Waals surface area contributed by atoms with Crippen molar-refractivity contribution in [1.82, 2.24) is 4.90 Å². The summed E-state index contributed by atoms with van der Waals surface area (Å²) in [4.78, 5) is 2.61. The highest BCUT2D eigenvalue weighted by Gasteiger charge is 2.56. The number of allylic oxidation sites excluding steroid dienone is 8. The number of hydrogen-bond donors (Lipinski definition) is 0. The van der Waals surface area contributed by atoms with Crippen LogP contribution in [0, 0.1) is 0 Å². The maximum atomic E-state index is 7.01. The summed E-state index contributed by atoms with van der Waals surface area (Å²) in [5.74, 6) is -0.314. The molecule has 48 heavy (non-hydrogen) atoms. The van der Waals surface area contributed by atoms with Crippen molar-refractivity contribution in [2.45, 2.75) is 230 Å². The van der Waals surface area contributed by atoms with Crippen molar-refractivity contribution in [3.63, 3.8) is 0 Å². The van der Waals surface area contributed by atoms with E-state index in [1.54, 1.807) is 0 Å². The van der Waals surface area contributed by atoms with E-state index in [-0.39, 0.29) is 5.79 Å². The van der Waals surface area contributed by atoms with Crippen LogP contribution in [-0.4, -0.2) is 42.0 Å². The fourth-order valence-corrected chi connectivity index (χ4v) is 8.32. The van der Waals surface area contributed by atoms with Gasteiger partial charge in [-0.25, -0.2) is 0 Å². The zero-order chi connectivity index (χ0) is 34.0. The number of nitrogens with zero attached hydrogens (tertiary/aromatic N) is 1. The number of hydrogen-bond acceptors (Lipinski definition) is 3. The molecule has 4 atom stereocenters. The predicted molar refractivity (Wildman–Crippen MR) is 210 cm³/mol. The second-order valence-corrected chi connectivity index (χ2v) is 15.5. The van der Waals surface area contributed by atoms with Crippen LogP contribution in [0.2, 0.25) is 0 Å². The minimum absolute atomic E-state index is 0.294. The molecule has 0 saturated carbocycles. The Bertz CT molecular complexity index is 841. The molecule has 0 aromatic rings. The highest BCUT2D eigenvalue weighted by atomic mass is 16.8. The molecule has 2 bridgehead atoms. The second-order valence-electron chi connectivity index (χ2n) is 15.5. The van der Waals surface area contributed by atoms with E-state index in [0.29, 0.717) is 24.3 Å². The maximum Gasteiger partial charge on any atom is 0.169 e. The Hall–Kier alpha value is -1.16. The molecule has 276 valence electrons. The summed E-state index contributed by atoms with van der Waals surface area (Å²) in [6, 6.07) is 1.28. The molecular weight excluding hydrogens is 587 g/mol. The molecule has 0 N–H and O–H groups in total. The Balaban J connectivity index is 1.25. The topological polar surface area (TPSA) is 21.7 Å². The number of unbranched alkanes of at least 4 members (excludes halogenated alkanes) is 18. The molecule has 3 heteroatoms. The van der Waals surface area contributed by atoms with Crippen LogP contribution in [0.15, 0.2) is 48.6 Å². The van der Waals surface area contributed by atoms with Crippen LogP contribution >= 0.6 is 0 Å². The van der Waals surface area contributed by atoms with Gasteiger partial charge in [0, 0.05) is 24.9 Å². The SMILES string of the molecule is CCCCCC=CCC=CCCCCCCCCC1(CCCCCCCCC=CCC=CCCCCC)O[C@H]2[C@H]3CC[C@@H](C[C@H]2O1)N3C. The molecule has 3 nitrogen and oxygen atoms in total. The molecule has 0 aliphatic carbocycles. The standard InChI is InChI=1S/C45H79NO2/c1-4-6-8-10-12-14-16-18-20-22-24-26-28-30-32-34-38-45(47-43-40-41-36-37-42(46(41)3)44(43)48-45)39-35-33-31-29-27-25-23-21-19-17-15-13-11-9-7-5-2/h12-15,18-21,41-44H,4-11,16-17,22-40H2,1-3H3/t41-,42+,43+,44-,45?/m0/s1. The fourth-order valence-electron chi connectivity index (χ4n) is 8.32. The van der Waals surface area contributed by atoms with Crippen LogP contribution < -0.4 is 0 Å². The number of likely N-dealkylation sites (N-methyl/N-ethyl adjacent to an activating group) is 1. The molecule has 0 aromatic heterocycles. The largest absolute Gasteiger partial charge is 0.344 e. The normalized spacial score (nSPS) is 26.0. The molecule has 0 radical (unpaired) electrons. The first-order valence-electron chi connectivity index (χ1n) is 21.4. The van der Waals surface area contributed by atoms with Gasteiger partial charge in [0.05, 0.1) is 6.10 Å². The first kappa shape index (κ1) is 41.3. The summed E-state index contributed by atoms with van der Waals surface area (Å²) in [6.45, 7) is 4.55. The van der Waals surface area contributed by atoms with Crippen molar-refractivity contribution < 1.29 is 9.47 Å². The zero-order valence-electron chi connectivity index (χ0n) is 32.2. The molecule has 3 heterocycles. The molecule has 3 fully saturated rings. The predicted octanol–water partition coefficient (Wildman–Crippen LogP) is 13.7. The van der Waals surface area contributed by atoms with Crippen molar-refractivity contribution in [3.8, 4) is 0 Å². The van der Waals surface area contributed by atoms with E-state index in [1.807, 2.05) is 0 Å².